The van der Waals surface area contributed by atoms with Gasteiger partial charge in [0.1, 0.15) is 17.3 Å². The summed E-state index contributed by atoms with van der Waals surface area (Å²) in [5, 5.41) is 4.95. The summed E-state index contributed by atoms with van der Waals surface area (Å²) in [5.74, 6) is 0.382. The van der Waals surface area contributed by atoms with Crippen molar-refractivity contribution < 1.29 is 22.6 Å². The fourth-order valence-corrected chi connectivity index (χ4v) is 2.94. The Kier molecular flexibility index (Phi) is 5.03. The van der Waals surface area contributed by atoms with Crippen LogP contribution in [0.15, 0.2) is 55.0 Å². The minimum Gasteiger partial charge on any atom is -0.497 e. The lowest BCUT2D eigenvalue weighted by molar-refractivity contribution is -0.0497. The molecule has 9 heteroatoms. The summed E-state index contributed by atoms with van der Waals surface area (Å²) in [4.78, 5) is 8.59. The predicted octanol–water partition coefficient (Wildman–Crippen LogP) is 4.29. The van der Waals surface area contributed by atoms with Crippen LogP contribution in [0, 0.1) is 5.82 Å². The van der Waals surface area contributed by atoms with Crippen LogP contribution in [0.2, 0.25) is 0 Å². The van der Waals surface area contributed by atoms with E-state index in [0.717, 1.165) is 11.1 Å². The zero-order valence-corrected chi connectivity index (χ0v) is 15.2. The van der Waals surface area contributed by atoms with Gasteiger partial charge in [-0.3, -0.25) is 4.68 Å². The second-order valence-electron chi connectivity index (χ2n) is 6.20. The van der Waals surface area contributed by atoms with Crippen molar-refractivity contribution >= 4 is 10.9 Å². The maximum absolute atomic E-state index is 13.7. The van der Waals surface area contributed by atoms with Gasteiger partial charge in [0.05, 0.1) is 25.4 Å². The van der Waals surface area contributed by atoms with Crippen molar-refractivity contribution in [1.82, 2.24) is 19.7 Å². The molecule has 0 bridgehead atoms. The van der Waals surface area contributed by atoms with Crippen molar-refractivity contribution in [2.45, 2.75) is 13.2 Å². The Morgan fingerprint density at radius 2 is 1.79 bits per heavy atom. The molecule has 2 aromatic heterocycles. The molecule has 0 aliphatic carbocycles. The molecule has 4 rings (SSSR count). The van der Waals surface area contributed by atoms with E-state index >= 15 is 0 Å². The highest BCUT2D eigenvalue weighted by Crippen LogP contribution is 2.24. The first-order valence-electron chi connectivity index (χ1n) is 8.58. The molecule has 2 aromatic carbocycles. The molecule has 0 unspecified atom stereocenters. The molecule has 0 aliphatic heterocycles. The van der Waals surface area contributed by atoms with Crippen LogP contribution in [0.4, 0.5) is 13.2 Å². The molecule has 6 nitrogen and oxygen atoms in total. The fourth-order valence-electron chi connectivity index (χ4n) is 2.94. The number of fused-ring (bicyclic) bond motifs is 1. The first-order valence-corrected chi connectivity index (χ1v) is 8.58. The van der Waals surface area contributed by atoms with Crippen LogP contribution in [0.5, 0.6) is 11.5 Å². The molecule has 0 radical (unpaired) electrons. The first-order chi connectivity index (χ1) is 14.0. The van der Waals surface area contributed by atoms with E-state index in [2.05, 4.69) is 19.8 Å². The molecule has 0 fully saturated rings. The largest absolute Gasteiger partial charge is 0.497 e. The molecule has 29 heavy (non-hydrogen) atoms. The Morgan fingerprint density at radius 3 is 2.52 bits per heavy atom. The number of halogens is 3. The Morgan fingerprint density at radius 1 is 1.00 bits per heavy atom. The summed E-state index contributed by atoms with van der Waals surface area (Å²) in [6.07, 6.45) is 4.82. The van der Waals surface area contributed by atoms with Gasteiger partial charge in [-0.2, -0.15) is 13.9 Å². The van der Waals surface area contributed by atoms with Crippen LogP contribution in [0.3, 0.4) is 0 Å². The Labute approximate surface area is 163 Å². The Bertz CT molecular complexity index is 1150. The van der Waals surface area contributed by atoms with Gasteiger partial charge in [-0.25, -0.2) is 14.4 Å². The van der Waals surface area contributed by atoms with E-state index < -0.39 is 12.4 Å². The number of benzene rings is 2. The molecule has 0 saturated heterocycles. The average molecular weight is 400 g/mol. The Balaban J connectivity index is 1.55. The Hall–Kier alpha value is -3.62. The van der Waals surface area contributed by atoms with Gasteiger partial charge in [-0.1, -0.05) is 0 Å². The summed E-state index contributed by atoms with van der Waals surface area (Å²) >= 11 is 0. The molecule has 0 spiro atoms. The van der Waals surface area contributed by atoms with E-state index in [-0.39, 0.29) is 5.75 Å². The van der Waals surface area contributed by atoms with Gasteiger partial charge in [-0.05, 0) is 30.3 Å². The van der Waals surface area contributed by atoms with Crippen molar-refractivity contribution in [3.05, 3.63) is 66.4 Å². The van der Waals surface area contributed by atoms with Crippen LogP contribution in [-0.4, -0.2) is 33.5 Å². The molecular weight excluding hydrogens is 385 g/mol. The molecular formula is C20H15F3N4O2. The van der Waals surface area contributed by atoms with E-state index in [4.69, 9.17) is 4.74 Å². The molecule has 0 amide bonds. The lowest BCUT2D eigenvalue weighted by Gasteiger charge is -2.07. The zero-order chi connectivity index (χ0) is 20.4. The van der Waals surface area contributed by atoms with E-state index in [1.165, 1.54) is 31.4 Å². The van der Waals surface area contributed by atoms with E-state index in [0.29, 0.717) is 29.1 Å². The number of rotatable bonds is 6. The normalized spacial score (nSPS) is 11.2. The number of aromatic nitrogens is 4. The highest BCUT2D eigenvalue weighted by Gasteiger charge is 2.10. The van der Waals surface area contributed by atoms with Crippen molar-refractivity contribution in [3.63, 3.8) is 0 Å². The van der Waals surface area contributed by atoms with Gasteiger partial charge >= 0.3 is 6.61 Å². The van der Waals surface area contributed by atoms with E-state index in [1.54, 1.807) is 35.4 Å². The van der Waals surface area contributed by atoms with Crippen molar-refractivity contribution in [2.75, 3.05) is 7.11 Å². The van der Waals surface area contributed by atoms with Gasteiger partial charge in [0, 0.05) is 35.0 Å². The number of hydrogen-bond acceptors (Lipinski definition) is 5. The molecule has 4 aromatic rings. The fraction of sp³-hybridized carbons (Fsp3) is 0.150. The van der Waals surface area contributed by atoms with Gasteiger partial charge < -0.3 is 9.47 Å². The third-order valence-corrected chi connectivity index (χ3v) is 4.24. The zero-order valence-electron chi connectivity index (χ0n) is 15.2. The van der Waals surface area contributed by atoms with Crippen LogP contribution >= 0.6 is 0 Å². The lowest BCUT2D eigenvalue weighted by Crippen LogP contribution is -2.04. The van der Waals surface area contributed by atoms with Crippen molar-refractivity contribution in [2.24, 2.45) is 0 Å². The van der Waals surface area contributed by atoms with Gasteiger partial charge in [-0.15, -0.1) is 0 Å². The number of ether oxygens (including phenoxy) is 2. The van der Waals surface area contributed by atoms with Crippen molar-refractivity contribution in [3.8, 4) is 22.9 Å². The number of methoxy groups -OCH3 is 1. The van der Waals surface area contributed by atoms with Crippen LogP contribution in [0.1, 0.15) is 5.56 Å². The summed E-state index contributed by atoms with van der Waals surface area (Å²) in [5.41, 5.74) is 2.03. The van der Waals surface area contributed by atoms with Crippen LogP contribution in [0.25, 0.3) is 22.3 Å². The summed E-state index contributed by atoms with van der Waals surface area (Å²) < 4.78 is 49.5. The standard InChI is InChI=1S/C20H15F3N4O2/c1-28-17-5-13(4-15(21)7-17)19-24-8-12(9-25-19)11-27-18-3-2-16(29-20(22)23)6-14(18)10-26-27/h2-10,20H,11H2,1H3. The molecule has 0 saturated carbocycles. The SMILES string of the molecule is COc1cc(F)cc(-c2ncc(Cn3ncc4cc(OC(F)F)ccc43)cn2)c1. The highest BCUT2D eigenvalue weighted by atomic mass is 19.3. The van der Waals surface area contributed by atoms with Gasteiger partial charge in [0.15, 0.2) is 5.82 Å². The smallest absolute Gasteiger partial charge is 0.387 e. The second-order valence-corrected chi connectivity index (χ2v) is 6.20. The molecule has 0 atom stereocenters. The molecule has 0 aliphatic rings. The summed E-state index contributed by atoms with van der Waals surface area (Å²) in [6.45, 7) is -2.50. The number of hydrogen-bond donors (Lipinski definition) is 0. The van der Waals surface area contributed by atoms with Crippen molar-refractivity contribution in [1.29, 1.82) is 0 Å². The third-order valence-electron chi connectivity index (χ3n) is 4.24. The van der Waals surface area contributed by atoms with E-state index in [9.17, 15) is 13.2 Å². The molecule has 0 N–H and O–H groups in total. The predicted molar refractivity (Wildman–Crippen MR) is 99.4 cm³/mol. The minimum absolute atomic E-state index is 0.0743. The van der Waals surface area contributed by atoms with Crippen LogP contribution < -0.4 is 9.47 Å². The number of alkyl halides is 2. The van der Waals surface area contributed by atoms with E-state index in [1.807, 2.05) is 0 Å². The second kappa shape index (κ2) is 7.78. The lowest BCUT2D eigenvalue weighted by atomic mass is 10.2. The van der Waals surface area contributed by atoms with Gasteiger partial charge in [0.2, 0.25) is 0 Å². The summed E-state index contributed by atoms with van der Waals surface area (Å²) in [7, 11) is 1.46. The topological polar surface area (TPSA) is 62.1 Å². The monoisotopic (exact) mass is 400 g/mol. The van der Waals surface area contributed by atoms with Gasteiger partial charge in [0.25, 0.3) is 0 Å². The summed E-state index contributed by atoms with van der Waals surface area (Å²) in [6, 6.07) is 8.88. The third kappa shape index (κ3) is 4.13. The first kappa shape index (κ1) is 18.7. The number of nitrogens with zero attached hydrogens (tertiary/aromatic N) is 4. The molecule has 148 valence electrons. The maximum atomic E-state index is 13.7. The molecule has 2 heterocycles. The minimum atomic E-state index is -2.88. The highest BCUT2D eigenvalue weighted by molar-refractivity contribution is 5.80. The van der Waals surface area contributed by atoms with Crippen LogP contribution in [-0.2, 0) is 6.54 Å². The average Bonchev–Trinajstić information content (AvgIpc) is 3.09. The quantitative estimate of drug-likeness (QED) is 0.483. The maximum Gasteiger partial charge on any atom is 0.387 e.